The fraction of sp³-hybridized carbons (Fsp3) is 0.300. The third kappa shape index (κ3) is 3.27. The zero-order valence-corrected chi connectivity index (χ0v) is 8.03. The molecule has 1 aromatic carbocycles. The van der Waals surface area contributed by atoms with Gasteiger partial charge >= 0.3 is 6.18 Å². The van der Waals surface area contributed by atoms with Crippen molar-refractivity contribution in [1.82, 2.24) is 0 Å². The van der Waals surface area contributed by atoms with Gasteiger partial charge in [-0.2, -0.15) is 13.2 Å². The summed E-state index contributed by atoms with van der Waals surface area (Å²) in [6.07, 6.45) is -3.61. The molecule has 0 aliphatic carbocycles. The second kappa shape index (κ2) is 4.82. The minimum atomic E-state index is -4.36. The molecule has 0 saturated heterocycles. The van der Waals surface area contributed by atoms with Gasteiger partial charge in [-0.05, 0) is 5.56 Å². The summed E-state index contributed by atoms with van der Waals surface area (Å²) in [5, 5.41) is 3.17. The van der Waals surface area contributed by atoms with Crippen LogP contribution in [0.3, 0.4) is 0 Å². The van der Waals surface area contributed by atoms with Gasteiger partial charge in [-0.3, -0.25) is 0 Å². The van der Waals surface area contributed by atoms with E-state index in [1.54, 1.807) is 18.2 Å². The van der Waals surface area contributed by atoms with Gasteiger partial charge in [-0.25, -0.2) is 0 Å². The van der Waals surface area contributed by atoms with Crippen LogP contribution in [-0.4, -0.2) is 19.5 Å². The molecule has 0 saturated carbocycles. The van der Waals surface area contributed by atoms with E-state index in [2.05, 4.69) is 9.99 Å². The van der Waals surface area contributed by atoms with E-state index in [0.29, 0.717) is 0 Å². The smallest absolute Gasteiger partial charge is 0.399 e. The molecule has 2 nitrogen and oxygen atoms in total. The van der Waals surface area contributed by atoms with Gasteiger partial charge in [0.1, 0.15) is 13.0 Å². The molecular weight excluding hydrogens is 207 g/mol. The highest BCUT2D eigenvalue weighted by Crippen LogP contribution is 2.33. The first-order chi connectivity index (χ1) is 7.05. The zero-order chi connectivity index (χ0) is 11.3. The zero-order valence-electron chi connectivity index (χ0n) is 8.03. The van der Waals surface area contributed by atoms with Gasteiger partial charge in [0.05, 0.1) is 6.21 Å². The summed E-state index contributed by atoms with van der Waals surface area (Å²) in [6.45, 7) is 0. The summed E-state index contributed by atoms with van der Waals surface area (Å²) in [5.41, 5.74) is 0.144. The van der Waals surface area contributed by atoms with E-state index < -0.39 is 12.1 Å². The van der Waals surface area contributed by atoms with Crippen LogP contribution in [0.15, 0.2) is 35.5 Å². The van der Waals surface area contributed by atoms with E-state index in [4.69, 9.17) is 0 Å². The lowest BCUT2D eigenvalue weighted by molar-refractivity contribution is -0.134. The molecule has 0 heterocycles. The number of benzene rings is 1. The lowest BCUT2D eigenvalue weighted by Gasteiger charge is -2.15. The van der Waals surface area contributed by atoms with Crippen molar-refractivity contribution in [3.05, 3.63) is 35.9 Å². The summed E-state index contributed by atoms with van der Waals surface area (Å²) < 4.78 is 37.7. The van der Waals surface area contributed by atoms with Crippen LogP contribution in [0, 0.1) is 0 Å². The number of hydrogen-bond acceptors (Lipinski definition) is 2. The molecule has 5 heteroatoms. The largest absolute Gasteiger partial charge is 0.400 e. The maximum atomic E-state index is 12.6. The second-order valence-electron chi connectivity index (χ2n) is 2.87. The third-order valence-electron chi connectivity index (χ3n) is 1.83. The van der Waals surface area contributed by atoms with E-state index >= 15 is 0 Å². The fourth-order valence-corrected chi connectivity index (χ4v) is 1.14. The summed E-state index contributed by atoms with van der Waals surface area (Å²) >= 11 is 0. The number of oxime groups is 1. The number of nitrogens with zero attached hydrogens (tertiary/aromatic N) is 1. The van der Waals surface area contributed by atoms with Crippen LogP contribution in [0.4, 0.5) is 13.2 Å². The number of alkyl halides is 3. The van der Waals surface area contributed by atoms with Crippen molar-refractivity contribution in [3.63, 3.8) is 0 Å². The van der Waals surface area contributed by atoms with Gasteiger partial charge < -0.3 is 4.84 Å². The Balaban J connectivity index is 2.97. The molecule has 0 spiro atoms. The first-order valence-corrected chi connectivity index (χ1v) is 4.24. The van der Waals surface area contributed by atoms with Gasteiger partial charge in [0.15, 0.2) is 0 Å². The molecule has 0 fully saturated rings. The summed E-state index contributed by atoms with van der Waals surface area (Å²) in [4.78, 5) is 4.26. The van der Waals surface area contributed by atoms with Crippen molar-refractivity contribution in [3.8, 4) is 0 Å². The minimum absolute atomic E-state index is 0.144. The quantitative estimate of drug-likeness (QED) is 0.563. The Bertz CT molecular complexity index is 321. The molecule has 1 unspecified atom stereocenters. The predicted octanol–water partition coefficient (Wildman–Crippen LogP) is 2.96. The molecule has 0 bridgehead atoms. The monoisotopic (exact) mass is 217 g/mol. The molecular formula is C10H10F3NO. The molecule has 0 amide bonds. The van der Waals surface area contributed by atoms with Crippen molar-refractivity contribution in [2.24, 2.45) is 5.16 Å². The van der Waals surface area contributed by atoms with E-state index in [0.717, 1.165) is 6.21 Å². The van der Waals surface area contributed by atoms with Crippen molar-refractivity contribution in [2.75, 3.05) is 7.11 Å². The van der Waals surface area contributed by atoms with Crippen molar-refractivity contribution < 1.29 is 18.0 Å². The topological polar surface area (TPSA) is 21.6 Å². The second-order valence-corrected chi connectivity index (χ2v) is 2.87. The maximum absolute atomic E-state index is 12.6. The summed E-state index contributed by atoms with van der Waals surface area (Å²) in [5.74, 6) is -1.72. The number of hydrogen-bond donors (Lipinski definition) is 0. The van der Waals surface area contributed by atoms with E-state index in [-0.39, 0.29) is 5.56 Å². The van der Waals surface area contributed by atoms with E-state index in [9.17, 15) is 13.2 Å². The molecule has 15 heavy (non-hydrogen) atoms. The van der Waals surface area contributed by atoms with Gasteiger partial charge in [0, 0.05) is 0 Å². The van der Waals surface area contributed by atoms with E-state index in [1.165, 1.54) is 19.2 Å². The van der Waals surface area contributed by atoms with Crippen LogP contribution in [-0.2, 0) is 4.84 Å². The molecule has 0 N–H and O–H groups in total. The average molecular weight is 217 g/mol. The predicted molar refractivity (Wildman–Crippen MR) is 50.7 cm³/mol. The lowest BCUT2D eigenvalue weighted by Crippen LogP contribution is -2.22. The Labute approximate surface area is 85.4 Å². The Morgan fingerprint density at radius 1 is 1.27 bits per heavy atom. The van der Waals surface area contributed by atoms with Crippen LogP contribution < -0.4 is 0 Å². The molecule has 0 aliphatic heterocycles. The van der Waals surface area contributed by atoms with Crippen molar-refractivity contribution in [1.29, 1.82) is 0 Å². The highest BCUT2D eigenvalue weighted by Gasteiger charge is 2.39. The van der Waals surface area contributed by atoms with Crippen molar-refractivity contribution >= 4 is 6.21 Å². The average Bonchev–Trinajstić information content (AvgIpc) is 2.18. The maximum Gasteiger partial charge on any atom is 0.400 e. The van der Waals surface area contributed by atoms with Gasteiger partial charge in [0.25, 0.3) is 0 Å². The molecule has 1 rings (SSSR count). The van der Waals surface area contributed by atoms with E-state index in [1.807, 2.05) is 0 Å². The molecule has 1 aromatic rings. The Kier molecular flexibility index (Phi) is 3.71. The SMILES string of the molecule is CO/N=C/C(c1ccccc1)C(F)(F)F. The minimum Gasteiger partial charge on any atom is -0.399 e. The van der Waals surface area contributed by atoms with Crippen molar-refractivity contribution in [2.45, 2.75) is 12.1 Å². The number of halogens is 3. The molecule has 82 valence electrons. The summed E-state index contributed by atoms with van der Waals surface area (Å²) in [6, 6.07) is 7.56. The van der Waals surface area contributed by atoms with Gasteiger partial charge in [0.2, 0.25) is 0 Å². The highest BCUT2D eigenvalue weighted by atomic mass is 19.4. The van der Waals surface area contributed by atoms with Crippen LogP contribution in [0.25, 0.3) is 0 Å². The highest BCUT2D eigenvalue weighted by molar-refractivity contribution is 5.68. The molecule has 0 aliphatic rings. The van der Waals surface area contributed by atoms with Crippen LogP contribution in [0.2, 0.25) is 0 Å². The van der Waals surface area contributed by atoms with Gasteiger partial charge in [-0.15, -0.1) is 0 Å². The lowest BCUT2D eigenvalue weighted by atomic mass is 10.0. The van der Waals surface area contributed by atoms with Crippen LogP contribution >= 0.6 is 0 Å². The van der Waals surface area contributed by atoms with Gasteiger partial charge in [-0.1, -0.05) is 35.5 Å². The Morgan fingerprint density at radius 3 is 2.33 bits per heavy atom. The molecule has 0 radical (unpaired) electrons. The molecule has 0 aromatic heterocycles. The third-order valence-corrected chi connectivity index (χ3v) is 1.83. The van der Waals surface area contributed by atoms with Crippen LogP contribution in [0.5, 0.6) is 0 Å². The fourth-order valence-electron chi connectivity index (χ4n) is 1.14. The Hall–Kier alpha value is -1.52. The summed E-state index contributed by atoms with van der Waals surface area (Å²) in [7, 11) is 1.20. The first-order valence-electron chi connectivity index (χ1n) is 4.24. The number of rotatable bonds is 3. The molecule has 1 atom stereocenters. The standard InChI is InChI=1S/C10H10F3NO/c1-15-14-7-9(10(11,12)13)8-5-3-2-4-6-8/h2-7,9H,1H3/b14-7+. The van der Waals surface area contributed by atoms with Crippen LogP contribution in [0.1, 0.15) is 11.5 Å². The first kappa shape index (κ1) is 11.6. The Morgan fingerprint density at radius 2 is 1.87 bits per heavy atom. The normalized spacial score (nSPS) is 14.1.